The minimum atomic E-state index is -4.29. The van der Waals surface area contributed by atoms with Crippen LogP contribution in [0, 0.1) is 0 Å². The molecule has 1 unspecified atom stereocenters. The van der Waals surface area contributed by atoms with Crippen LogP contribution in [0.2, 0.25) is 0 Å². The third kappa shape index (κ3) is 4.08. The molecule has 0 fully saturated rings. The van der Waals surface area contributed by atoms with Gasteiger partial charge >= 0.3 is 6.18 Å². The Morgan fingerprint density at radius 3 is 2.00 bits per heavy atom. The molecule has 0 heterocycles. The second kappa shape index (κ2) is 6.76. The SMILES string of the molecule is CCCNC(c1ccccc1)c1ccc(C(F)(F)F)cc1. The van der Waals surface area contributed by atoms with Crippen LogP contribution in [0.5, 0.6) is 0 Å². The van der Waals surface area contributed by atoms with E-state index >= 15 is 0 Å². The summed E-state index contributed by atoms with van der Waals surface area (Å²) in [6.45, 7) is 2.86. The minimum Gasteiger partial charge on any atom is -0.306 e. The molecule has 0 bridgehead atoms. The predicted octanol–water partition coefficient (Wildman–Crippen LogP) is 4.79. The first-order valence-electron chi connectivity index (χ1n) is 6.98. The third-order valence-electron chi connectivity index (χ3n) is 3.30. The van der Waals surface area contributed by atoms with Crippen molar-refractivity contribution >= 4 is 0 Å². The lowest BCUT2D eigenvalue weighted by Gasteiger charge is -2.20. The molecule has 0 saturated heterocycles. The Morgan fingerprint density at radius 2 is 1.48 bits per heavy atom. The summed E-state index contributed by atoms with van der Waals surface area (Å²) in [5.41, 5.74) is 1.27. The van der Waals surface area contributed by atoms with Gasteiger partial charge in [0.25, 0.3) is 0 Å². The van der Waals surface area contributed by atoms with Gasteiger partial charge in [0.15, 0.2) is 0 Å². The largest absolute Gasteiger partial charge is 0.416 e. The fraction of sp³-hybridized carbons (Fsp3) is 0.294. The van der Waals surface area contributed by atoms with Crippen molar-refractivity contribution in [3.05, 3.63) is 71.3 Å². The van der Waals surface area contributed by atoms with E-state index in [0.29, 0.717) is 0 Å². The molecule has 0 aliphatic carbocycles. The van der Waals surface area contributed by atoms with E-state index in [1.807, 2.05) is 30.3 Å². The van der Waals surface area contributed by atoms with E-state index < -0.39 is 11.7 Å². The molecule has 0 saturated carbocycles. The highest BCUT2D eigenvalue weighted by molar-refractivity contribution is 5.34. The second-order valence-corrected chi connectivity index (χ2v) is 4.92. The lowest BCUT2D eigenvalue weighted by Crippen LogP contribution is -2.23. The van der Waals surface area contributed by atoms with Crippen LogP contribution in [0.15, 0.2) is 54.6 Å². The van der Waals surface area contributed by atoms with Crippen molar-refractivity contribution in [1.82, 2.24) is 5.32 Å². The van der Waals surface area contributed by atoms with E-state index in [0.717, 1.165) is 36.2 Å². The number of nitrogens with one attached hydrogen (secondary N) is 1. The molecule has 4 heteroatoms. The Kier molecular flexibility index (Phi) is 5.02. The molecular formula is C17H18F3N. The molecule has 21 heavy (non-hydrogen) atoms. The van der Waals surface area contributed by atoms with Crippen molar-refractivity contribution in [3.8, 4) is 0 Å². The highest BCUT2D eigenvalue weighted by atomic mass is 19.4. The molecule has 112 valence electrons. The number of benzene rings is 2. The zero-order valence-electron chi connectivity index (χ0n) is 11.8. The number of hydrogen-bond donors (Lipinski definition) is 1. The fourth-order valence-electron chi connectivity index (χ4n) is 2.23. The maximum atomic E-state index is 12.6. The number of alkyl halides is 3. The van der Waals surface area contributed by atoms with Crippen molar-refractivity contribution < 1.29 is 13.2 Å². The van der Waals surface area contributed by atoms with E-state index in [4.69, 9.17) is 0 Å². The van der Waals surface area contributed by atoms with Crippen LogP contribution in [0.3, 0.4) is 0 Å². The molecule has 2 aromatic rings. The summed E-state index contributed by atoms with van der Waals surface area (Å²) >= 11 is 0. The molecular weight excluding hydrogens is 275 g/mol. The highest BCUT2D eigenvalue weighted by Crippen LogP contribution is 2.31. The van der Waals surface area contributed by atoms with Gasteiger partial charge in [-0.3, -0.25) is 0 Å². The molecule has 0 aliphatic rings. The summed E-state index contributed by atoms with van der Waals surface area (Å²) in [5, 5.41) is 3.38. The van der Waals surface area contributed by atoms with Gasteiger partial charge in [0.1, 0.15) is 0 Å². The monoisotopic (exact) mass is 293 g/mol. The molecule has 0 spiro atoms. The molecule has 0 aliphatic heterocycles. The van der Waals surface area contributed by atoms with Gasteiger partial charge in [-0.15, -0.1) is 0 Å². The van der Waals surface area contributed by atoms with Crippen LogP contribution < -0.4 is 5.32 Å². The smallest absolute Gasteiger partial charge is 0.306 e. The summed E-state index contributed by atoms with van der Waals surface area (Å²) in [7, 11) is 0. The Labute approximate surface area is 122 Å². The Bertz CT molecular complexity index is 546. The third-order valence-corrected chi connectivity index (χ3v) is 3.30. The predicted molar refractivity (Wildman–Crippen MR) is 78.0 cm³/mol. The van der Waals surface area contributed by atoms with Crippen molar-refractivity contribution in [2.45, 2.75) is 25.6 Å². The van der Waals surface area contributed by atoms with Crippen LogP contribution in [-0.2, 0) is 6.18 Å². The normalized spacial score (nSPS) is 13.1. The highest BCUT2D eigenvalue weighted by Gasteiger charge is 2.30. The van der Waals surface area contributed by atoms with E-state index in [1.54, 1.807) is 12.1 Å². The molecule has 2 aromatic carbocycles. The van der Waals surface area contributed by atoms with Crippen LogP contribution in [0.4, 0.5) is 13.2 Å². The first kappa shape index (κ1) is 15.6. The summed E-state index contributed by atoms with van der Waals surface area (Å²) in [5.74, 6) is 0. The van der Waals surface area contributed by atoms with E-state index in [2.05, 4.69) is 12.2 Å². The van der Waals surface area contributed by atoms with Crippen LogP contribution in [0.25, 0.3) is 0 Å². The van der Waals surface area contributed by atoms with Crippen LogP contribution in [0.1, 0.15) is 36.1 Å². The molecule has 0 amide bonds. The van der Waals surface area contributed by atoms with Crippen LogP contribution >= 0.6 is 0 Å². The van der Waals surface area contributed by atoms with E-state index in [-0.39, 0.29) is 6.04 Å². The maximum absolute atomic E-state index is 12.6. The lowest BCUT2D eigenvalue weighted by molar-refractivity contribution is -0.137. The maximum Gasteiger partial charge on any atom is 0.416 e. The average Bonchev–Trinajstić information content (AvgIpc) is 2.48. The molecule has 2 rings (SSSR count). The second-order valence-electron chi connectivity index (χ2n) is 4.92. The van der Waals surface area contributed by atoms with Crippen molar-refractivity contribution in [2.24, 2.45) is 0 Å². The van der Waals surface area contributed by atoms with Gasteiger partial charge in [0, 0.05) is 0 Å². The van der Waals surface area contributed by atoms with Gasteiger partial charge in [-0.2, -0.15) is 13.2 Å². The zero-order chi connectivity index (χ0) is 15.3. The zero-order valence-corrected chi connectivity index (χ0v) is 11.8. The fourth-order valence-corrected chi connectivity index (χ4v) is 2.23. The first-order chi connectivity index (χ1) is 10.0. The minimum absolute atomic E-state index is 0.0894. The van der Waals surface area contributed by atoms with E-state index in [1.165, 1.54) is 0 Å². The molecule has 1 N–H and O–H groups in total. The van der Waals surface area contributed by atoms with Gasteiger partial charge in [-0.25, -0.2) is 0 Å². The van der Waals surface area contributed by atoms with Gasteiger partial charge in [-0.1, -0.05) is 49.4 Å². The van der Waals surface area contributed by atoms with Gasteiger partial charge in [0.05, 0.1) is 11.6 Å². The summed E-state index contributed by atoms with van der Waals surface area (Å²) in [4.78, 5) is 0. The number of halogens is 3. The van der Waals surface area contributed by atoms with Crippen molar-refractivity contribution in [2.75, 3.05) is 6.54 Å². The van der Waals surface area contributed by atoms with E-state index in [9.17, 15) is 13.2 Å². The topological polar surface area (TPSA) is 12.0 Å². The Balaban J connectivity index is 2.29. The Morgan fingerprint density at radius 1 is 0.905 bits per heavy atom. The summed E-state index contributed by atoms with van der Waals surface area (Å²) < 4.78 is 37.9. The quantitative estimate of drug-likeness (QED) is 0.835. The van der Waals surface area contributed by atoms with Crippen LogP contribution in [-0.4, -0.2) is 6.54 Å². The molecule has 1 nitrogen and oxygen atoms in total. The van der Waals surface area contributed by atoms with Crippen molar-refractivity contribution in [3.63, 3.8) is 0 Å². The number of hydrogen-bond acceptors (Lipinski definition) is 1. The number of rotatable bonds is 5. The average molecular weight is 293 g/mol. The Hall–Kier alpha value is -1.81. The standard InChI is InChI=1S/C17H18F3N/c1-2-12-21-16(13-6-4-3-5-7-13)14-8-10-15(11-9-14)17(18,19)20/h3-11,16,21H,2,12H2,1H3. The first-order valence-corrected chi connectivity index (χ1v) is 6.98. The summed E-state index contributed by atoms with van der Waals surface area (Å²) in [6.07, 6.45) is -3.33. The van der Waals surface area contributed by atoms with Crippen molar-refractivity contribution in [1.29, 1.82) is 0 Å². The molecule has 0 radical (unpaired) electrons. The summed E-state index contributed by atoms with van der Waals surface area (Å²) in [6, 6.07) is 15.0. The molecule has 1 atom stereocenters. The van der Waals surface area contributed by atoms with Gasteiger partial charge < -0.3 is 5.32 Å². The van der Waals surface area contributed by atoms with Gasteiger partial charge in [0.2, 0.25) is 0 Å². The lowest BCUT2D eigenvalue weighted by atomic mass is 9.97. The molecule has 0 aromatic heterocycles. The van der Waals surface area contributed by atoms with Gasteiger partial charge in [-0.05, 0) is 36.2 Å².